The fourth-order valence-electron chi connectivity index (χ4n) is 3.70. The van der Waals surface area contributed by atoms with E-state index in [9.17, 15) is 0 Å². The second-order valence-electron chi connectivity index (χ2n) is 6.89. The minimum Gasteiger partial charge on any atom is -0.496 e. The van der Waals surface area contributed by atoms with Crippen LogP contribution in [0.5, 0.6) is 5.75 Å². The molecular formula is C23H26N2OS. The van der Waals surface area contributed by atoms with E-state index in [2.05, 4.69) is 58.6 Å². The first kappa shape index (κ1) is 18.2. The molecular weight excluding hydrogens is 352 g/mol. The molecule has 0 unspecified atom stereocenters. The molecule has 0 saturated heterocycles. The number of methoxy groups -OCH3 is 1. The van der Waals surface area contributed by atoms with Gasteiger partial charge in [-0.1, -0.05) is 42.5 Å². The van der Waals surface area contributed by atoms with Crippen LogP contribution in [0.25, 0.3) is 16.5 Å². The number of nitrogens with one attached hydrogen (secondary N) is 1. The summed E-state index contributed by atoms with van der Waals surface area (Å²) in [6.07, 6.45) is 5.61. The third-order valence-corrected chi connectivity index (χ3v) is 6.22. The average Bonchev–Trinajstić information content (AvgIpc) is 3.15. The largest absolute Gasteiger partial charge is 0.496 e. The molecule has 4 heteroatoms. The smallest absolute Gasteiger partial charge is 0.126 e. The van der Waals surface area contributed by atoms with Gasteiger partial charge in [-0.3, -0.25) is 4.90 Å². The first-order valence-corrected chi connectivity index (χ1v) is 10.7. The number of aromatic nitrogens is 1. The number of H-pyrrole nitrogens is 1. The van der Waals surface area contributed by atoms with E-state index in [0.717, 1.165) is 43.3 Å². The minimum atomic E-state index is 0.978. The Morgan fingerprint density at radius 2 is 1.96 bits per heavy atom. The van der Waals surface area contributed by atoms with Crippen molar-refractivity contribution >= 4 is 28.2 Å². The van der Waals surface area contributed by atoms with Crippen molar-refractivity contribution in [3.05, 3.63) is 71.9 Å². The van der Waals surface area contributed by atoms with Gasteiger partial charge >= 0.3 is 0 Å². The van der Waals surface area contributed by atoms with Gasteiger partial charge in [-0.25, -0.2) is 0 Å². The topological polar surface area (TPSA) is 28.3 Å². The number of hydrogen-bond acceptors (Lipinski definition) is 3. The van der Waals surface area contributed by atoms with Crippen molar-refractivity contribution in [2.24, 2.45) is 0 Å². The minimum absolute atomic E-state index is 0.978. The molecule has 1 N–H and O–H groups in total. The van der Waals surface area contributed by atoms with Crippen LogP contribution in [0.3, 0.4) is 0 Å². The van der Waals surface area contributed by atoms with Gasteiger partial charge in [0.25, 0.3) is 0 Å². The molecule has 27 heavy (non-hydrogen) atoms. The van der Waals surface area contributed by atoms with Crippen LogP contribution in [0.1, 0.15) is 17.5 Å². The lowest BCUT2D eigenvalue weighted by atomic mass is 9.98. The summed E-state index contributed by atoms with van der Waals surface area (Å²) >= 11 is 2.02. The van der Waals surface area contributed by atoms with E-state index in [1.807, 2.05) is 23.9 Å². The number of ether oxygens (including phenoxy) is 1. The summed E-state index contributed by atoms with van der Waals surface area (Å²) in [7, 11) is 1.75. The molecule has 0 saturated carbocycles. The van der Waals surface area contributed by atoms with Crippen LogP contribution < -0.4 is 4.74 Å². The van der Waals surface area contributed by atoms with Crippen LogP contribution in [0.15, 0.2) is 60.8 Å². The lowest BCUT2D eigenvalue weighted by Crippen LogP contribution is -2.30. The van der Waals surface area contributed by atoms with Gasteiger partial charge in [-0.05, 0) is 29.7 Å². The Bertz CT molecular complexity index is 931. The third-order valence-electron chi connectivity index (χ3n) is 5.23. The highest BCUT2D eigenvalue weighted by Crippen LogP contribution is 2.30. The molecule has 2 heterocycles. The van der Waals surface area contributed by atoms with Crippen LogP contribution in [0, 0.1) is 0 Å². The number of fused-ring (bicyclic) bond motifs is 1. The highest BCUT2D eigenvalue weighted by Gasteiger charge is 2.15. The highest BCUT2D eigenvalue weighted by molar-refractivity contribution is 7.98. The van der Waals surface area contributed by atoms with Crippen molar-refractivity contribution in [2.45, 2.75) is 12.2 Å². The van der Waals surface area contributed by atoms with Crippen LogP contribution >= 0.6 is 11.8 Å². The predicted octanol–water partition coefficient (Wildman–Crippen LogP) is 5.20. The van der Waals surface area contributed by atoms with Crippen molar-refractivity contribution in [2.75, 3.05) is 32.5 Å². The number of aromatic amines is 1. The number of nitrogens with zero attached hydrogens (tertiary/aromatic N) is 1. The SMILES string of the molecule is COc1ccccc1C1=CCN(CCSCc2c[nH]c3ccccc23)CC1. The Kier molecular flexibility index (Phi) is 5.85. The maximum atomic E-state index is 5.51. The van der Waals surface area contributed by atoms with Crippen molar-refractivity contribution < 1.29 is 4.74 Å². The number of rotatable bonds is 7. The normalized spacial score (nSPS) is 15.1. The van der Waals surface area contributed by atoms with Gasteiger partial charge in [0, 0.05) is 53.8 Å². The molecule has 1 aliphatic heterocycles. The van der Waals surface area contributed by atoms with E-state index in [4.69, 9.17) is 4.74 Å². The van der Waals surface area contributed by atoms with Crippen LogP contribution in [-0.4, -0.2) is 42.4 Å². The molecule has 0 aliphatic carbocycles. The summed E-state index contributed by atoms with van der Waals surface area (Å²) in [6.45, 7) is 3.29. The molecule has 140 valence electrons. The van der Waals surface area contributed by atoms with E-state index in [-0.39, 0.29) is 0 Å². The Labute approximate surface area is 165 Å². The van der Waals surface area contributed by atoms with Crippen LogP contribution in [0.2, 0.25) is 0 Å². The molecule has 0 radical (unpaired) electrons. The van der Waals surface area contributed by atoms with Gasteiger partial charge in [0.2, 0.25) is 0 Å². The molecule has 3 aromatic rings. The van der Waals surface area contributed by atoms with Crippen molar-refractivity contribution in [3.8, 4) is 5.75 Å². The van der Waals surface area contributed by atoms with Gasteiger partial charge in [0.1, 0.15) is 5.75 Å². The van der Waals surface area contributed by atoms with E-state index in [1.54, 1.807) is 7.11 Å². The molecule has 0 amide bonds. The average molecular weight is 379 g/mol. The quantitative estimate of drug-likeness (QED) is 0.573. The fourth-order valence-corrected chi connectivity index (χ4v) is 4.69. The van der Waals surface area contributed by atoms with Gasteiger partial charge in [-0.2, -0.15) is 11.8 Å². The zero-order chi connectivity index (χ0) is 18.5. The van der Waals surface area contributed by atoms with Crippen LogP contribution in [0.4, 0.5) is 0 Å². The van der Waals surface area contributed by atoms with E-state index < -0.39 is 0 Å². The molecule has 0 spiro atoms. The van der Waals surface area contributed by atoms with Crippen LogP contribution in [-0.2, 0) is 5.75 Å². The molecule has 2 aromatic carbocycles. The van der Waals surface area contributed by atoms with Crippen molar-refractivity contribution in [1.29, 1.82) is 0 Å². The summed E-state index contributed by atoms with van der Waals surface area (Å²) in [5, 5.41) is 1.35. The lowest BCUT2D eigenvalue weighted by molar-refractivity contribution is 0.321. The Morgan fingerprint density at radius 1 is 1.11 bits per heavy atom. The Balaban J connectivity index is 1.26. The standard InChI is InChI=1S/C23H26N2OS/c1-26-23-9-5-3-7-21(23)18-10-12-25(13-11-18)14-15-27-17-19-16-24-22-8-4-2-6-20(19)22/h2-10,16,24H,11-15,17H2,1H3. The van der Waals surface area contributed by atoms with Crippen molar-refractivity contribution in [3.63, 3.8) is 0 Å². The second kappa shape index (κ2) is 8.68. The zero-order valence-corrected chi connectivity index (χ0v) is 16.6. The molecule has 1 aliphatic rings. The van der Waals surface area contributed by atoms with Gasteiger partial charge in [0.15, 0.2) is 0 Å². The van der Waals surface area contributed by atoms with Gasteiger partial charge < -0.3 is 9.72 Å². The number of benzene rings is 2. The first-order valence-electron chi connectivity index (χ1n) is 9.52. The van der Waals surface area contributed by atoms with Gasteiger partial charge in [0.05, 0.1) is 7.11 Å². The van der Waals surface area contributed by atoms with E-state index in [1.165, 1.54) is 27.6 Å². The molecule has 1 aromatic heterocycles. The lowest BCUT2D eigenvalue weighted by Gasteiger charge is -2.26. The second-order valence-corrected chi connectivity index (χ2v) is 8.00. The first-order chi connectivity index (χ1) is 13.3. The monoisotopic (exact) mass is 378 g/mol. The predicted molar refractivity (Wildman–Crippen MR) is 116 cm³/mol. The summed E-state index contributed by atoms with van der Waals surface area (Å²) in [5.74, 6) is 3.21. The molecule has 0 fully saturated rings. The Morgan fingerprint density at radius 3 is 2.81 bits per heavy atom. The number of hydrogen-bond donors (Lipinski definition) is 1. The molecule has 0 atom stereocenters. The highest BCUT2D eigenvalue weighted by atomic mass is 32.2. The summed E-state index contributed by atoms with van der Waals surface area (Å²) < 4.78 is 5.51. The molecule has 4 rings (SSSR count). The number of thioether (sulfide) groups is 1. The van der Waals surface area contributed by atoms with E-state index in [0.29, 0.717) is 0 Å². The summed E-state index contributed by atoms with van der Waals surface area (Å²) in [5.41, 5.74) is 5.30. The summed E-state index contributed by atoms with van der Waals surface area (Å²) in [6, 6.07) is 16.9. The maximum Gasteiger partial charge on any atom is 0.126 e. The molecule has 3 nitrogen and oxygen atoms in total. The Hall–Kier alpha value is -2.17. The van der Waals surface area contributed by atoms with Gasteiger partial charge in [-0.15, -0.1) is 0 Å². The summed E-state index contributed by atoms with van der Waals surface area (Å²) in [4.78, 5) is 5.91. The fraction of sp³-hybridized carbons (Fsp3) is 0.304. The van der Waals surface area contributed by atoms with E-state index >= 15 is 0 Å². The zero-order valence-electron chi connectivity index (χ0n) is 15.8. The third kappa shape index (κ3) is 4.23. The maximum absolute atomic E-state index is 5.51. The molecule has 0 bridgehead atoms. The number of para-hydroxylation sites is 2. The van der Waals surface area contributed by atoms with Crippen molar-refractivity contribution in [1.82, 2.24) is 9.88 Å².